The molecule has 0 spiro atoms. The Balaban J connectivity index is 1.83. The number of piperidine rings is 1. The molecule has 4 amide bonds. The third kappa shape index (κ3) is 4.58. The van der Waals surface area contributed by atoms with Crippen LogP contribution >= 0.6 is 11.3 Å². The minimum absolute atomic E-state index is 0.110. The number of thiophene rings is 1. The predicted molar refractivity (Wildman–Crippen MR) is 103 cm³/mol. The Kier molecular flexibility index (Phi) is 5.78. The van der Waals surface area contributed by atoms with Crippen LogP contribution in [0.5, 0.6) is 0 Å². The van der Waals surface area contributed by atoms with Crippen LogP contribution in [0.4, 0.5) is 19.0 Å². The average molecular weight is 406 g/mol. The van der Waals surface area contributed by atoms with Gasteiger partial charge in [-0.2, -0.15) is 0 Å². The van der Waals surface area contributed by atoms with E-state index in [4.69, 9.17) is 16.2 Å². The van der Waals surface area contributed by atoms with Gasteiger partial charge in [-0.05, 0) is 36.6 Å². The number of esters is 1. The number of urea groups is 2. The quantitative estimate of drug-likeness (QED) is 0.675. The first-order chi connectivity index (χ1) is 13.3. The fraction of sp³-hybridized carbons (Fsp3) is 0.278. The Hall–Kier alpha value is -3.14. The summed E-state index contributed by atoms with van der Waals surface area (Å²) in [7, 11) is 0. The molecular weight excluding hydrogens is 387 g/mol. The molecule has 2 aromatic rings. The number of nitrogens with one attached hydrogen (secondary N) is 1. The van der Waals surface area contributed by atoms with Crippen LogP contribution in [0.3, 0.4) is 0 Å². The molecule has 2 heterocycles. The number of carbonyl (C=O) groups is 3. The molecule has 1 aromatic carbocycles. The van der Waals surface area contributed by atoms with Gasteiger partial charge in [-0.1, -0.05) is 12.1 Å². The van der Waals surface area contributed by atoms with Gasteiger partial charge in [0.1, 0.15) is 16.9 Å². The van der Waals surface area contributed by atoms with Crippen LogP contribution in [-0.4, -0.2) is 42.1 Å². The Labute approximate surface area is 164 Å². The summed E-state index contributed by atoms with van der Waals surface area (Å²) < 4.78 is 19.0. The second-order valence-corrected chi connectivity index (χ2v) is 7.36. The van der Waals surface area contributed by atoms with Crippen LogP contribution in [0.2, 0.25) is 0 Å². The van der Waals surface area contributed by atoms with Crippen molar-refractivity contribution in [2.45, 2.75) is 18.9 Å². The van der Waals surface area contributed by atoms with E-state index in [1.165, 1.54) is 23.1 Å². The number of primary amides is 2. The number of amides is 4. The smallest absolute Gasteiger partial charge is 0.341 e. The first-order valence-electron chi connectivity index (χ1n) is 8.55. The highest BCUT2D eigenvalue weighted by atomic mass is 32.1. The minimum Gasteiger partial charge on any atom is -0.457 e. The van der Waals surface area contributed by atoms with Crippen molar-refractivity contribution in [2.24, 2.45) is 11.5 Å². The van der Waals surface area contributed by atoms with E-state index in [1.54, 1.807) is 12.1 Å². The lowest BCUT2D eigenvalue weighted by atomic mass is 10.1. The number of anilines is 1. The van der Waals surface area contributed by atoms with Gasteiger partial charge in [-0.15, -0.1) is 11.3 Å². The minimum atomic E-state index is -0.834. The van der Waals surface area contributed by atoms with Gasteiger partial charge in [0.05, 0.1) is 12.1 Å². The normalized spacial score (nSPS) is 16.5. The second kappa shape index (κ2) is 8.26. The van der Waals surface area contributed by atoms with E-state index in [9.17, 15) is 18.8 Å². The number of carbonyl (C=O) groups excluding carboxylic acids is 3. The van der Waals surface area contributed by atoms with Gasteiger partial charge in [0, 0.05) is 11.4 Å². The lowest BCUT2D eigenvalue weighted by Crippen LogP contribution is -2.46. The van der Waals surface area contributed by atoms with Crippen LogP contribution in [0.25, 0.3) is 10.4 Å². The number of nitrogens with two attached hydrogens (primary N) is 2. The van der Waals surface area contributed by atoms with Crippen molar-refractivity contribution in [1.29, 1.82) is 0 Å². The first-order valence-corrected chi connectivity index (χ1v) is 9.36. The number of nitrogens with zero attached hydrogens (tertiary/aromatic N) is 1. The molecule has 1 fully saturated rings. The zero-order valence-corrected chi connectivity index (χ0v) is 15.6. The Morgan fingerprint density at radius 2 is 2.04 bits per heavy atom. The van der Waals surface area contributed by atoms with Gasteiger partial charge in [0.15, 0.2) is 0 Å². The number of hydrogen-bond acceptors (Lipinski definition) is 5. The van der Waals surface area contributed by atoms with E-state index in [2.05, 4.69) is 5.32 Å². The molecule has 1 aromatic heterocycles. The van der Waals surface area contributed by atoms with Crippen molar-refractivity contribution >= 4 is 34.4 Å². The number of ether oxygens (including phenoxy) is 1. The largest absolute Gasteiger partial charge is 0.457 e. The fourth-order valence-corrected chi connectivity index (χ4v) is 4.03. The maximum Gasteiger partial charge on any atom is 0.341 e. The first kappa shape index (κ1) is 19.6. The third-order valence-electron chi connectivity index (χ3n) is 4.26. The summed E-state index contributed by atoms with van der Waals surface area (Å²) in [4.78, 5) is 37.3. The molecule has 0 bridgehead atoms. The highest BCUT2D eigenvalue weighted by Crippen LogP contribution is 2.36. The Morgan fingerprint density at radius 1 is 1.25 bits per heavy atom. The standard InChI is InChI=1S/C18H19FN4O4S/c19-11-4-1-3-10(7-11)14-8-13(15(28-14)22-17(20)25)16(24)27-12-5-2-6-23(9-12)18(21)26/h1,3-4,7-8,12H,2,5-6,9H2,(H2,21,26)(H3,20,22,25). The lowest BCUT2D eigenvalue weighted by Gasteiger charge is -2.31. The second-order valence-electron chi connectivity index (χ2n) is 6.31. The number of rotatable bonds is 4. The molecule has 0 radical (unpaired) electrons. The monoisotopic (exact) mass is 406 g/mol. The molecule has 1 unspecified atom stereocenters. The van der Waals surface area contributed by atoms with Crippen molar-refractivity contribution in [1.82, 2.24) is 4.90 Å². The van der Waals surface area contributed by atoms with Gasteiger partial charge in [-0.25, -0.2) is 18.8 Å². The van der Waals surface area contributed by atoms with Gasteiger partial charge in [0.2, 0.25) is 0 Å². The molecule has 0 saturated carbocycles. The molecule has 1 saturated heterocycles. The van der Waals surface area contributed by atoms with Crippen molar-refractivity contribution in [3.05, 3.63) is 41.7 Å². The van der Waals surface area contributed by atoms with Gasteiger partial charge in [0.25, 0.3) is 0 Å². The Morgan fingerprint density at radius 3 is 2.71 bits per heavy atom. The molecule has 5 N–H and O–H groups in total. The summed E-state index contributed by atoms with van der Waals surface area (Å²) in [6.45, 7) is 0.723. The number of halogens is 1. The van der Waals surface area contributed by atoms with E-state index in [1.807, 2.05) is 0 Å². The van der Waals surface area contributed by atoms with Crippen LogP contribution in [0.1, 0.15) is 23.2 Å². The van der Waals surface area contributed by atoms with E-state index >= 15 is 0 Å². The van der Waals surface area contributed by atoms with Crippen LogP contribution in [0, 0.1) is 5.82 Å². The summed E-state index contributed by atoms with van der Waals surface area (Å²) in [5, 5.41) is 2.61. The van der Waals surface area contributed by atoms with Crippen molar-refractivity contribution in [2.75, 3.05) is 18.4 Å². The van der Waals surface area contributed by atoms with E-state index in [-0.39, 0.29) is 17.1 Å². The van der Waals surface area contributed by atoms with Crippen LogP contribution in [-0.2, 0) is 4.74 Å². The molecule has 0 aliphatic carbocycles. The zero-order chi connectivity index (χ0) is 20.3. The summed E-state index contributed by atoms with van der Waals surface area (Å²) in [6, 6.07) is 5.97. The summed E-state index contributed by atoms with van der Waals surface area (Å²) in [6.07, 6.45) is 0.744. The molecule has 10 heteroatoms. The van der Waals surface area contributed by atoms with Crippen molar-refractivity contribution in [3.63, 3.8) is 0 Å². The molecule has 8 nitrogen and oxygen atoms in total. The maximum atomic E-state index is 13.5. The van der Waals surface area contributed by atoms with Crippen molar-refractivity contribution < 1.29 is 23.5 Å². The summed E-state index contributed by atoms with van der Waals surface area (Å²) in [5.74, 6) is -1.09. The molecule has 3 rings (SSSR count). The number of likely N-dealkylation sites (tertiary alicyclic amines) is 1. The number of hydrogen-bond donors (Lipinski definition) is 3. The fourth-order valence-electron chi connectivity index (χ4n) is 2.98. The molecule has 1 aliphatic rings. The Bertz CT molecular complexity index is 917. The highest BCUT2D eigenvalue weighted by Gasteiger charge is 2.27. The average Bonchev–Trinajstić information content (AvgIpc) is 3.05. The van der Waals surface area contributed by atoms with Crippen molar-refractivity contribution in [3.8, 4) is 10.4 Å². The van der Waals surface area contributed by atoms with Gasteiger partial charge in [-0.3, -0.25) is 5.32 Å². The molecule has 28 heavy (non-hydrogen) atoms. The van der Waals surface area contributed by atoms with Crippen LogP contribution < -0.4 is 16.8 Å². The number of benzene rings is 1. The highest BCUT2D eigenvalue weighted by molar-refractivity contribution is 7.20. The van der Waals surface area contributed by atoms with Gasteiger partial charge < -0.3 is 21.1 Å². The van der Waals surface area contributed by atoms with Gasteiger partial charge >= 0.3 is 18.0 Å². The summed E-state index contributed by atoms with van der Waals surface area (Å²) >= 11 is 1.08. The predicted octanol–water partition coefficient (Wildman–Crippen LogP) is 2.74. The SMILES string of the molecule is NC(=O)Nc1sc(-c2cccc(F)c2)cc1C(=O)OC1CCCN(C(N)=O)C1. The molecule has 1 atom stereocenters. The lowest BCUT2D eigenvalue weighted by molar-refractivity contribution is 0.0129. The molecule has 148 valence electrons. The molecule has 1 aliphatic heterocycles. The van der Waals surface area contributed by atoms with Crippen LogP contribution in [0.15, 0.2) is 30.3 Å². The van der Waals surface area contributed by atoms with E-state index in [0.29, 0.717) is 29.8 Å². The third-order valence-corrected chi connectivity index (χ3v) is 5.36. The maximum absolute atomic E-state index is 13.5. The van der Waals surface area contributed by atoms with E-state index in [0.717, 1.165) is 11.3 Å². The zero-order valence-electron chi connectivity index (χ0n) is 14.8. The molecular formula is C18H19FN4O4S. The summed E-state index contributed by atoms with van der Waals surface area (Å²) in [5.41, 5.74) is 11.1. The van der Waals surface area contributed by atoms with E-state index < -0.39 is 30.0 Å². The topological polar surface area (TPSA) is 128 Å².